The Hall–Kier alpha value is -1.17. The monoisotopic (exact) mass is 301 g/mol. The van der Waals surface area contributed by atoms with Gasteiger partial charge in [-0.1, -0.05) is 0 Å². The van der Waals surface area contributed by atoms with Crippen molar-refractivity contribution in [3.63, 3.8) is 0 Å². The SMILES string of the molecule is Cl.Cl.c1cc(Cn2cnnc2C2CCCN2)ccn1. The lowest BCUT2D eigenvalue weighted by atomic mass is 10.2. The standard InChI is InChI=1S/C12H15N5.2ClH/c1-2-11(14-5-1)12-16-15-9-17(12)8-10-3-6-13-7-4-10;;/h3-4,6-7,9,11,14H,1-2,5,8H2;2*1H. The van der Waals surface area contributed by atoms with E-state index in [0.717, 1.165) is 25.3 Å². The molecule has 0 aliphatic carbocycles. The Kier molecular flexibility index (Phi) is 6.21. The second-order valence-electron chi connectivity index (χ2n) is 4.32. The third-order valence-corrected chi connectivity index (χ3v) is 3.12. The van der Waals surface area contributed by atoms with E-state index in [4.69, 9.17) is 0 Å². The summed E-state index contributed by atoms with van der Waals surface area (Å²) in [6.07, 6.45) is 7.79. The van der Waals surface area contributed by atoms with Crippen LogP contribution in [0.25, 0.3) is 0 Å². The molecule has 0 spiro atoms. The first-order valence-electron chi connectivity index (χ1n) is 5.93. The van der Waals surface area contributed by atoms with Crippen LogP contribution in [0.3, 0.4) is 0 Å². The number of hydrogen-bond donors (Lipinski definition) is 1. The summed E-state index contributed by atoms with van der Waals surface area (Å²) in [5.41, 5.74) is 1.22. The quantitative estimate of drug-likeness (QED) is 0.942. The Morgan fingerprint density at radius 1 is 1.26 bits per heavy atom. The lowest BCUT2D eigenvalue weighted by molar-refractivity contribution is 0.564. The zero-order chi connectivity index (χ0) is 11.5. The van der Waals surface area contributed by atoms with E-state index in [1.54, 1.807) is 6.33 Å². The van der Waals surface area contributed by atoms with Crippen molar-refractivity contribution < 1.29 is 0 Å². The second-order valence-corrected chi connectivity index (χ2v) is 4.32. The number of hydrogen-bond acceptors (Lipinski definition) is 4. The molecule has 3 rings (SSSR count). The van der Waals surface area contributed by atoms with E-state index in [1.807, 2.05) is 24.5 Å². The van der Waals surface area contributed by atoms with Crippen molar-refractivity contribution in [1.29, 1.82) is 0 Å². The largest absolute Gasteiger partial charge is 0.312 e. The van der Waals surface area contributed by atoms with Gasteiger partial charge in [0.15, 0.2) is 0 Å². The average Bonchev–Trinajstić information content (AvgIpc) is 3.00. The van der Waals surface area contributed by atoms with E-state index in [2.05, 4.69) is 25.1 Å². The summed E-state index contributed by atoms with van der Waals surface area (Å²) >= 11 is 0. The molecule has 1 unspecified atom stereocenters. The van der Waals surface area contributed by atoms with Crippen molar-refractivity contribution in [3.8, 4) is 0 Å². The van der Waals surface area contributed by atoms with E-state index >= 15 is 0 Å². The summed E-state index contributed by atoms with van der Waals surface area (Å²) in [7, 11) is 0. The van der Waals surface area contributed by atoms with Crippen LogP contribution in [0.15, 0.2) is 30.9 Å². The minimum Gasteiger partial charge on any atom is -0.312 e. The molecule has 7 heteroatoms. The first kappa shape index (κ1) is 15.9. The van der Waals surface area contributed by atoms with E-state index in [-0.39, 0.29) is 24.8 Å². The molecule has 1 saturated heterocycles. The molecule has 2 aromatic rings. The summed E-state index contributed by atoms with van der Waals surface area (Å²) in [6.45, 7) is 1.88. The molecule has 0 amide bonds. The normalized spacial score (nSPS) is 17.6. The molecule has 3 heterocycles. The van der Waals surface area contributed by atoms with Gasteiger partial charge in [0.1, 0.15) is 12.2 Å². The summed E-state index contributed by atoms with van der Waals surface area (Å²) in [6, 6.07) is 4.40. The molecule has 1 aliphatic heterocycles. The van der Waals surface area contributed by atoms with Gasteiger partial charge in [-0.2, -0.15) is 0 Å². The maximum absolute atomic E-state index is 4.23. The van der Waals surface area contributed by atoms with Gasteiger partial charge in [0.05, 0.1) is 12.6 Å². The molecule has 5 nitrogen and oxygen atoms in total. The Balaban J connectivity index is 0.000000902. The third-order valence-electron chi connectivity index (χ3n) is 3.12. The van der Waals surface area contributed by atoms with Crippen LogP contribution in [-0.4, -0.2) is 26.3 Å². The van der Waals surface area contributed by atoms with Gasteiger partial charge in [-0.25, -0.2) is 0 Å². The number of nitrogens with zero attached hydrogens (tertiary/aromatic N) is 4. The molecular weight excluding hydrogens is 285 g/mol. The topological polar surface area (TPSA) is 55.6 Å². The first-order chi connectivity index (χ1) is 8.43. The Morgan fingerprint density at radius 3 is 2.74 bits per heavy atom. The van der Waals surface area contributed by atoms with Crippen molar-refractivity contribution in [2.24, 2.45) is 0 Å². The Labute approximate surface area is 124 Å². The van der Waals surface area contributed by atoms with Crippen LogP contribution in [0.1, 0.15) is 30.3 Å². The first-order valence-corrected chi connectivity index (χ1v) is 5.93. The fourth-order valence-corrected chi connectivity index (χ4v) is 2.25. The minimum atomic E-state index is 0. The van der Waals surface area contributed by atoms with Crippen LogP contribution >= 0.6 is 24.8 Å². The maximum Gasteiger partial charge on any atom is 0.150 e. The highest BCUT2D eigenvalue weighted by Crippen LogP contribution is 2.21. The molecule has 1 atom stereocenters. The minimum absolute atomic E-state index is 0. The number of rotatable bonds is 3. The molecule has 1 aliphatic rings. The highest BCUT2D eigenvalue weighted by Gasteiger charge is 2.21. The van der Waals surface area contributed by atoms with Crippen LogP contribution in [-0.2, 0) is 6.54 Å². The van der Waals surface area contributed by atoms with Gasteiger partial charge in [0.2, 0.25) is 0 Å². The number of halogens is 2. The smallest absolute Gasteiger partial charge is 0.150 e. The van der Waals surface area contributed by atoms with Gasteiger partial charge in [0, 0.05) is 12.4 Å². The van der Waals surface area contributed by atoms with Gasteiger partial charge >= 0.3 is 0 Å². The van der Waals surface area contributed by atoms with Crippen LogP contribution in [0.2, 0.25) is 0 Å². The summed E-state index contributed by atoms with van der Waals surface area (Å²) in [5, 5.41) is 11.7. The van der Waals surface area contributed by atoms with Crippen LogP contribution in [0.4, 0.5) is 0 Å². The lowest BCUT2D eigenvalue weighted by Crippen LogP contribution is -2.18. The zero-order valence-corrected chi connectivity index (χ0v) is 12.0. The number of pyridine rings is 1. The van der Waals surface area contributed by atoms with Gasteiger partial charge in [-0.05, 0) is 37.1 Å². The van der Waals surface area contributed by atoms with E-state index in [1.165, 1.54) is 12.0 Å². The number of nitrogens with one attached hydrogen (secondary N) is 1. The third kappa shape index (κ3) is 3.65. The second kappa shape index (κ2) is 7.43. The van der Waals surface area contributed by atoms with Crippen molar-refractivity contribution in [2.45, 2.75) is 25.4 Å². The van der Waals surface area contributed by atoms with Crippen molar-refractivity contribution in [3.05, 3.63) is 42.2 Å². The van der Waals surface area contributed by atoms with E-state index in [9.17, 15) is 0 Å². The highest BCUT2D eigenvalue weighted by molar-refractivity contribution is 5.85. The highest BCUT2D eigenvalue weighted by atomic mass is 35.5. The summed E-state index contributed by atoms with van der Waals surface area (Å²) < 4.78 is 2.11. The van der Waals surface area contributed by atoms with Crippen LogP contribution < -0.4 is 5.32 Å². The zero-order valence-electron chi connectivity index (χ0n) is 10.4. The lowest BCUT2D eigenvalue weighted by Gasteiger charge is -2.11. The Bertz CT molecular complexity index is 482. The molecule has 19 heavy (non-hydrogen) atoms. The fourth-order valence-electron chi connectivity index (χ4n) is 2.25. The molecule has 0 aromatic carbocycles. The molecule has 0 saturated carbocycles. The molecule has 2 aromatic heterocycles. The molecule has 1 N–H and O–H groups in total. The molecule has 104 valence electrons. The molecule has 0 radical (unpaired) electrons. The van der Waals surface area contributed by atoms with Crippen molar-refractivity contribution >= 4 is 24.8 Å². The van der Waals surface area contributed by atoms with E-state index < -0.39 is 0 Å². The summed E-state index contributed by atoms with van der Waals surface area (Å²) in [4.78, 5) is 4.02. The van der Waals surface area contributed by atoms with Crippen LogP contribution in [0.5, 0.6) is 0 Å². The van der Waals surface area contributed by atoms with Gasteiger partial charge in [-0.3, -0.25) is 4.98 Å². The maximum atomic E-state index is 4.23. The average molecular weight is 302 g/mol. The predicted molar refractivity (Wildman–Crippen MR) is 77.8 cm³/mol. The van der Waals surface area contributed by atoms with E-state index in [0.29, 0.717) is 6.04 Å². The molecule has 1 fully saturated rings. The fraction of sp³-hybridized carbons (Fsp3) is 0.417. The van der Waals surface area contributed by atoms with Gasteiger partial charge < -0.3 is 9.88 Å². The van der Waals surface area contributed by atoms with Crippen LogP contribution in [0, 0.1) is 0 Å². The number of aromatic nitrogens is 4. The van der Waals surface area contributed by atoms with Crippen molar-refractivity contribution in [1.82, 2.24) is 25.1 Å². The summed E-state index contributed by atoms with van der Waals surface area (Å²) in [5.74, 6) is 1.04. The molecule has 0 bridgehead atoms. The van der Waals surface area contributed by atoms with Gasteiger partial charge in [0.25, 0.3) is 0 Å². The predicted octanol–water partition coefficient (Wildman–Crippen LogP) is 1.99. The van der Waals surface area contributed by atoms with Gasteiger partial charge in [-0.15, -0.1) is 35.0 Å². The Morgan fingerprint density at radius 2 is 2.05 bits per heavy atom. The van der Waals surface area contributed by atoms with Crippen molar-refractivity contribution in [2.75, 3.05) is 6.54 Å². The molecular formula is C12H17Cl2N5.